The molecule has 6 nitrogen and oxygen atoms in total. The Bertz CT molecular complexity index is 1280. The summed E-state index contributed by atoms with van der Waals surface area (Å²) in [5.41, 5.74) is 3.55. The molecule has 0 unspecified atom stereocenters. The number of methoxy groups -OCH3 is 1. The molecule has 2 N–H and O–H groups in total. The summed E-state index contributed by atoms with van der Waals surface area (Å²) in [5.74, 6) is -0.229. The Morgan fingerprint density at radius 2 is 1.74 bits per heavy atom. The van der Waals surface area contributed by atoms with E-state index in [0.717, 1.165) is 35.3 Å². The Labute approximate surface area is 213 Å². The molecule has 1 heterocycles. The Balaban J connectivity index is 1.34. The van der Waals surface area contributed by atoms with E-state index in [2.05, 4.69) is 5.32 Å². The molecule has 1 aliphatic heterocycles. The van der Waals surface area contributed by atoms with Crippen LogP contribution in [-0.4, -0.2) is 30.1 Å². The van der Waals surface area contributed by atoms with E-state index in [1.54, 1.807) is 30.2 Å². The molecule has 0 radical (unpaired) electrons. The predicted octanol–water partition coefficient (Wildman–Crippen LogP) is 6.21. The van der Waals surface area contributed by atoms with Crippen molar-refractivity contribution in [1.82, 2.24) is 0 Å². The first kappa shape index (κ1) is 23.5. The molecule has 0 aromatic heterocycles. The summed E-state index contributed by atoms with van der Waals surface area (Å²) in [6.07, 6.45) is 2.54. The van der Waals surface area contributed by atoms with Crippen LogP contribution in [0.15, 0.2) is 60.7 Å². The normalized spacial score (nSPS) is 16.2. The van der Waals surface area contributed by atoms with E-state index in [-0.39, 0.29) is 5.91 Å². The number of para-hydroxylation sites is 2. The number of carbonyl (C=O) groups is 2. The van der Waals surface area contributed by atoms with Crippen LogP contribution < -0.4 is 15.0 Å². The topological polar surface area (TPSA) is 78.9 Å². The second kappa shape index (κ2) is 9.10. The number of amides is 1. The van der Waals surface area contributed by atoms with E-state index in [1.807, 2.05) is 42.5 Å². The number of ether oxygens (including phenoxy) is 1. The molecular formula is C27H24Cl2N2O4. The molecule has 0 bridgehead atoms. The molecule has 8 heteroatoms. The lowest BCUT2D eigenvalue weighted by atomic mass is 9.98. The number of carboxylic acids is 1. The van der Waals surface area contributed by atoms with Crippen molar-refractivity contribution in [2.75, 3.05) is 17.3 Å². The number of nitrogens with zero attached hydrogens (tertiary/aromatic N) is 1. The maximum absolute atomic E-state index is 13.4. The Hall–Kier alpha value is -3.22. The highest BCUT2D eigenvalue weighted by atomic mass is 35.5. The van der Waals surface area contributed by atoms with Gasteiger partial charge in [-0.25, -0.2) is 4.79 Å². The van der Waals surface area contributed by atoms with Crippen LogP contribution in [0.2, 0.25) is 10.0 Å². The van der Waals surface area contributed by atoms with Crippen LogP contribution in [0.1, 0.15) is 30.4 Å². The number of carbonyl (C=O) groups excluding carboxylic acids is 1. The van der Waals surface area contributed by atoms with Gasteiger partial charge in [-0.3, -0.25) is 9.69 Å². The van der Waals surface area contributed by atoms with Crippen LogP contribution in [0, 0.1) is 0 Å². The summed E-state index contributed by atoms with van der Waals surface area (Å²) < 4.78 is 5.58. The highest BCUT2D eigenvalue weighted by Gasteiger charge is 2.60. The molecule has 35 heavy (non-hydrogen) atoms. The summed E-state index contributed by atoms with van der Waals surface area (Å²) in [5, 5.41) is 13.4. The second-order valence-corrected chi connectivity index (χ2v) is 9.73. The van der Waals surface area contributed by atoms with Gasteiger partial charge < -0.3 is 15.2 Å². The molecule has 2 aliphatic rings. The Morgan fingerprint density at radius 3 is 2.34 bits per heavy atom. The van der Waals surface area contributed by atoms with E-state index in [1.165, 1.54) is 0 Å². The molecule has 1 aliphatic carbocycles. The van der Waals surface area contributed by atoms with Crippen LogP contribution in [0.3, 0.4) is 0 Å². The van der Waals surface area contributed by atoms with Gasteiger partial charge in [0, 0.05) is 5.69 Å². The molecular weight excluding hydrogens is 487 g/mol. The van der Waals surface area contributed by atoms with Crippen molar-refractivity contribution in [2.24, 2.45) is 0 Å². The molecule has 3 aromatic carbocycles. The van der Waals surface area contributed by atoms with Gasteiger partial charge in [0.25, 0.3) is 0 Å². The van der Waals surface area contributed by atoms with Crippen LogP contribution in [-0.2, 0) is 21.4 Å². The molecule has 180 valence electrons. The van der Waals surface area contributed by atoms with Crippen molar-refractivity contribution in [2.45, 2.75) is 37.1 Å². The first-order chi connectivity index (χ1) is 16.9. The van der Waals surface area contributed by atoms with Crippen molar-refractivity contribution in [1.29, 1.82) is 0 Å². The number of anilines is 3. The van der Waals surface area contributed by atoms with Crippen molar-refractivity contribution in [3.8, 4) is 5.75 Å². The minimum Gasteiger partial charge on any atom is -0.495 e. The van der Waals surface area contributed by atoms with Crippen LogP contribution in [0.25, 0.3) is 0 Å². The van der Waals surface area contributed by atoms with Gasteiger partial charge in [0.15, 0.2) is 0 Å². The van der Waals surface area contributed by atoms with Crippen molar-refractivity contribution < 1.29 is 19.4 Å². The second-order valence-electron chi connectivity index (χ2n) is 8.92. The summed E-state index contributed by atoms with van der Waals surface area (Å²) in [7, 11) is 1.61. The van der Waals surface area contributed by atoms with E-state index in [0.29, 0.717) is 34.3 Å². The van der Waals surface area contributed by atoms with Crippen LogP contribution >= 0.6 is 23.2 Å². The average molecular weight is 511 g/mol. The zero-order valence-corrected chi connectivity index (χ0v) is 20.6. The van der Waals surface area contributed by atoms with Crippen LogP contribution in [0.5, 0.6) is 5.75 Å². The Morgan fingerprint density at radius 1 is 1.09 bits per heavy atom. The maximum Gasteiger partial charge on any atom is 0.326 e. The molecule has 1 atom stereocenters. The fourth-order valence-electron chi connectivity index (χ4n) is 4.78. The molecule has 1 amide bonds. The monoisotopic (exact) mass is 510 g/mol. The van der Waals surface area contributed by atoms with Crippen molar-refractivity contribution in [3.63, 3.8) is 0 Å². The lowest BCUT2D eigenvalue weighted by Crippen LogP contribution is -2.30. The summed E-state index contributed by atoms with van der Waals surface area (Å²) in [6.45, 7) is 0. The number of aryl methyl sites for hydroxylation is 1. The maximum atomic E-state index is 13.4. The number of hydrogen-bond acceptors (Lipinski definition) is 4. The van der Waals surface area contributed by atoms with Gasteiger partial charge in [0.05, 0.1) is 33.9 Å². The highest BCUT2D eigenvalue weighted by Crippen LogP contribution is 2.61. The molecule has 3 aromatic rings. The van der Waals surface area contributed by atoms with E-state index >= 15 is 0 Å². The zero-order chi connectivity index (χ0) is 24.7. The zero-order valence-electron chi connectivity index (χ0n) is 19.1. The van der Waals surface area contributed by atoms with Crippen molar-refractivity contribution in [3.05, 3.63) is 81.8 Å². The smallest absolute Gasteiger partial charge is 0.326 e. The molecule has 5 rings (SSSR count). The van der Waals surface area contributed by atoms with E-state index in [4.69, 9.17) is 27.9 Å². The lowest BCUT2D eigenvalue weighted by Gasteiger charge is -2.21. The largest absolute Gasteiger partial charge is 0.495 e. The summed E-state index contributed by atoms with van der Waals surface area (Å²) >= 11 is 12.4. The minimum atomic E-state index is -0.987. The van der Waals surface area contributed by atoms with E-state index < -0.39 is 17.4 Å². The van der Waals surface area contributed by atoms with Gasteiger partial charge in [0.1, 0.15) is 11.8 Å². The third-order valence-electron chi connectivity index (χ3n) is 6.82. The fraction of sp³-hybridized carbons (Fsp3) is 0.259. The van der Waals surface area contributed by atoms with E-state index in [9.17, 15) is 14.7 Å². The van der Waals surface area contributed by atoms with Gasteiger partial charge in [0.2, 0.25) is 5.91 Å². The number of carboxylic acid groups (broad SMARTS) is 1. The SMILES string of the molecule is COc1cccc2c1N(c1ccc(CC[C@H](Nc3c(Cl)cccc3Cl)C(=O)O)cc1)C(=O)C21CC1. The number of aliphatic carboxylic acids is 1. The number of benzene rings is 3. The van der Waals surface area contributed by atoms with Crippen molar-refractivity contribution >= 4 is 52.1 Å². The Kier molecular flexibility index (Phi) is 6.11. The van der Waals surface area contributed by atoms with Gasteiger partial charge in [-0.2, -0.15) is 0 Å². The number of rotatable bonds is 8. The number of hydrogen-bond donors (Lipinski definition) is 2. The summed E-state index contributed by atoms with van der Waals surface area (Å²) in [4.78, 5) is 27.0. The predicted molar refractivity (Wildman–Crippen MR) is 137 cm³/mol. The van der Waals surface area contributed by atoms with Gasteiger partial charge in [-0.1, -0.05) is 53.5 Å². The fourth-order valence-corrected chi connectivity index (χ4v) is 5.29. The standard InChI is InChI=1S/C27H24Cl2N2O4/c1-35-22-7-2-4-18-24(22)31(26(34)27(18)14-15-27)17-11-8-16(9-12-17)10-13-21(25(32)33)30-23-19(28)5-3-6-20(23)29/h2-9,11-12,21,30H,10,13-15H2,1H3,(H,32,33)/t21-/m0/s1. The first-order valence-electron chi connectivity index (χ1n) is 11.4. The molecule has 1 fully saturated rings. The average Bonchev–Trinajstić information content (AvgIpc) is 3.61. The first-order valence-corrected chi connectivity index (χ1v) is 12.2. The van der Waals surface area contributed by atoms with Gasteiger partial charge in [-0.05, 0) is 67.1 Å². The third-order valence-corrected chi connectivity index (χ3v) is 7.45. The van der Waals surface area contributed by atoms with Gasteiger partial charge in [-0.15, -0.1) is 0 Å². The minimum absolute atomic E-state index is 0.0801. The highest BCUT2D eigenvalue weighted by molar-refractivity contribution is 6.39. The van der Waals surface area contributed by atoms with Crippen LogP contribution in [0.4, 0.5) is 17.1 Å². The van der Waals surface area contributed by atoms with Gasteiger partial charge >= 0.3 is 5.97 Å². The quantitative estimate of drug-likeness (QED) is 0.376. The third kappa shape index (κ3) is 4.11. The number of fused-ring (bicyclic) bond motifs is 2. The lowest BCUT2D eigenvalue weighted by molar-refractivity contribution is -0.138. The molecule has 1 saturated carbocycles. The number of nitrogens with one attached hydrogen (secondary N) is 1. The number of halogens is 2. The molecule has 1 spiro atoms. The summed E-state index contributed by atoms with van der Waals surface area (Å²) in [6, 6.07) is 17.6. The molecule has 0 saturated heterocycles.